The second kappa shape index (κ2) is 10.0. The molecule has 0 saturated heterocycles. The molecule has 0 aliphatic carbocycles. The molecule has 9 heteroatoms. The Bertz CT molecular complexity index is 1060. The van der Waals surface area contributed by atoms with Crippen LogP contribution in [0.1, 0.15) is 19.0 Å². The highest BCUT2D eigenvalue weighted by molar-refractivity contribution is 7.89. The molecule has 0 atom stereocenters. The lowest BCUT2D eigenvalue weighted by atomic mass is 10.2. The van der Waals surface area contributed by atoms with Crippen LogP contribution < -0.4 is 9.46 Å². The molecule has 0 fully saturated rings. The van der Waals surface area contributed by atoms with Gasteiger partial charge in [0.2, 0.25) is 15.9 Å². The lowest BCUT2D eigenvalue weighted by molar-refractivity contribution is -0.144. The van der Waals surface area contributed by atoms with Gasteiger partial charge in [0.25, 0.3) is 0 Å². The van der Waals surface area contributed by atoms with Crippen LogP contribution in [-0.4, -0.2) is 32.5 Å². The molecule has 0 aliphatic heterocycles. The lowest BCUT2D eigenvalue weighted by Crippen LogP contribution is -2.26. The van der Waals surface area contributed by atoms with Crippen LogP contribution in [0.2, 0.25) is 0 Å². The Balaban J connectivity index is 1.44. The normalized spacial score (nSPS) is 11.2. The number of benzene rings is 2. The zero-order valence-corrected chi connectivity index (χ0v) is 17.2. The summed E-state index contributed by atoms with van der Waals surface area (Å²) in [4.78, 5) is 16.3. The van der Waals surface area contributed by atoms with E-state index in [-0.39, 0.29) is 24.5 Å². The van der Waals surface area contributed by atoms with Crippen LogP contribution in [0, 0.1) is 0 Å². The van der Waals surface area contributed by atoms with E-state index < -0.39 is 16.0 Å². The summed E-state index contributed by atoms with van der Waals surface area (Å²) in [5.74, 6) is 0.474. The first kappa shape index (κ1) is 21.5. The minimum atomic E-state index is -3.72. The van der Waals surface area contributed by atoms with Crippen LogP contribution in [-0.2, 0) is 26.2 Å². The monoisotopic (exact) mass is 430 g/mol. The predicted octanol–water partition coefficient (Wildman–Crippen LogP) is 3.15. The minimum absolute atomic E-state index is 0.0548. The van der Waals surface area contributed by atoms with Crippen LogP contribution in [0.25, 0.3) is 11.5 Å². The van der Waals surface area contributed by atoms with Crippen LogP contribution in [0.4, 0.5) is 0 Å². The van der Waals surface area contributed by atoms with Gasteiger partial charge in [-0.15, -0.1) is 0 Å². The summed E-state index contributed by atoms with van der Waals surface area (Å²) in [6.45, 7) is 2.20. The molecule has 0 saturated carbocycles. The van der Waals surface area contributed by atoms with E-state index in [4.69, 9.17) is 13.9 Å². The second-order valence-corrected chi connectivity index (χ2v) is 7.99. The van der Waals surface area contributed by atoms with Gasteiger partial charge in [0.05, 0.1) is 17.9 Å². The Morgan fingerprint density at radius 2 is 1.83 bits per heavy atom. The molecule has 1 heterocycles. The maximum atomic E-state index is 12.3. The summed E-state index contributed by atoms with van der Waals surface area (Å²) in [6, 6.07) is 15.4. The molecule has 0 aliphatic rings. The van der Waals surface area contributed by atoms with Gasteiger partial charge in [-0.3, -0.25) is 4.79 Å². The average molecular weight is 430 g/mol. The molecule has 2 aromatic carbocycles. The third kappa shape index (κ3) is 5.91. The fourth-order valence-corrected chi connectivity index (χ4v) is 3.60. The Kier molecular flexibility index (Phi) is 7.21. The number of aromatic nitrogens is 1. The van der Waals surface area contributed by atoms with Gasteiger partial charge in [0.1, 0.15) is 24.3 Å². The van der Waals surface area contributed by atoms with E-state index in [1.165, 1.54) is 18.4 Å². The fourth-order valence-electron chi connectivity index (χ4n) is 2.57. The Morgan fingerprint density at radius 3 is 2.53 bits per heavy atom. The Morgan fingerprint density at radius 1 is 1.10 bits per heavy atom. The zero-order valence-electron chi connectivity index (χ0n) is 16.4. The second-order valence-electron chi connectivity index (χ2n) is 6.22. The van der Waals surface area contributed by atoms with Crippen molar-refractivity contribution in [2.45, 2.75) is 24.8 Å². The Hall–Kier alpha value is -3.17. The first-order chi connectivity index (χ1) is 14.5. The van der Waals surface area contributed by atoms with E-state index in [9.17, 15) is 13.2 Å². The number of carbonyl (C=O) groups excluding carboxylic acids is 1. The van der Waals surface area contributed by atoms with Crippen molar-refractivity contribution in [1.82, 2.24) is 9.71 Å². The summed E-state index contributed by atoms with van der Waals surface area (Å²) < 4.78 is 42.7. The number of esters is 1. The van der Waals surface area contributed by atoms with E-state index in [0.717, 1.165) is 5.56 Å². The maximum Gasteiger partial charge on any atom is 0.307 e. The quantitative estimate of drug-likeness (QED) is 0.492. The third-order valence-electron chi connectivity index (χ3n) is 4.02. The van der Waals surface area contributed by atoms with Crippen molar-refractivity contribution in [1.29, 1.82) is 0 Å². The molecule has 0 unspecified atom stereocenters. The number of nitrogens with one attached hydrogen (secondary N) is 1. The molecule has 0 radical (unpaired) electrons. The summed E-state index contributed by atoms with van der Waals surface area (Å²) >= 11 is 0. The van der Waals surface area contributed by atoms with E-state index in [1.807, 2.05) is 37.3 Å². The van der Waals surface area contributed by atoms with Crippen molar-refractivity contribution < 1.29 is 27.1 Å². The molecule has 0 amide bonds. The molecule has 158 valence electrons. The predicted molar refractivity (Wildman–Crippen MR) is 109 cm³/mol. The number of ether oxygens (including phenoxy) is 2. The smallest absolute Gasteiger partial charge is 0.307 e. The van der Waals surface area contributed by atoms with E-state index in [0.29, 0.717) is 23.9 Å². The van der Waals surface area contributed by atoms with Gasteiger partial charge in [0.15, 0.2) is 0 Å². The average Bonchev–Trinajstić information content (AvgIpc) is 3.23. The van der Waals surface area contributed by atoms with Gasteiger partial charge in [-0.25, -0.2) is 18.1 Å². The highest BCUT2D eigenvalue weighted by atomic mass is 32.2. The van der Waals surface area contributed by atoms with Crippen molar-refractivity contribution in [2.24, 2.45) is 0 Å². The number of hydrogen-bond donors (Lipinski definition) is 1. The fraction of sp³-hybridized carbons (Fsp3) is 0.238. The highest BCUT2D eigenvalue weighted by Gasteiger charge is 2.15. The standard InChI is InChI=1S/C21H22N2O6S/c1-2-27-18-8-10-19(11-9-18)30(25,26)22-13-12-20(24)28-14-17-15-29-21(23-17)16-6-4-3-5-7-16/h3-11,15,22H,2,12-14H2,1H3. The van der Waals surface area contributed by atoms with Crippen LogP contribution in [0.3, 0.4) is 0 Å². The number of sulfonamides is 1. The van der Waals surface area contributed by atoms with Crippen LogP contribution in [0.15, 0.2) is 70.2 Å². The Labute approximate surface area is 174 Å². The van der Waals surface area contributed by atoms with Gasteiger partial charge < -0.3 is 13.9 Å². The molecule has 30 heavy (non-hydrogen) atoms. The van der Waals surface area contributed by atoms with Crippen LogP contribution in [0.5, 0.6) is 5.75 Å². The summed E-state index contributed by atoms with van der Waals surface area (Å²) in [5, 5.41) is 0. The van der Waals surface area contributed by atoms with Crippen molar-refractivity contribution in [3.8, 4) is 17.2 Å². The number of oxazole rings is 1. The summed E-state index contributed by atoms with van der Waals surface area (Å²) in [6.07, 6.45) is 1.31. The van der Waals surface area contributed by atoms with Crippen molar-refractivity contribution in [3.05, 3.63) is 66.6 Å². The summed E-state index contributed by atoms with van der Waals surface area (Å²) in [5.41, 5.74) is 1.29. The number of rotatable bonds is 10. The van der Waals surface area contributed by atoms with Gasteiger partial charge >= 0.3 is 5.97 Å². The molecular formula is C21H22N2O6S. The first-order valence-corrected chi connectivity index (χ1v) is 10.8. The molecule has 8 nitrogen and oxygen atoms in total. The molecule has 3 rings (SSSR count). The minimum Gasteiger partial charge on any atom is -0.494 e. The van der Waals surface area contributed by atoms with Gasteiger partial charge in [-0.1, -0.05) is 18.2 Å². The van der Waals surface area contributed by atoms with Crippen molar-refractivity contribution >= 4 is 16.0 Å². The topological polar surface area (TPSA) is 108 Å². The van der Waals surface area contributed by atoms with Gasteiger partial charge in [-0.05, 0) is 43.3 Å². The maximum absolute atomic E-state index is 12.3. The summed E-state index contributed by atoms with van der Waals surface area (Å²) in [7, 11) is -3.72. The highest BCUT2D eigenvalue weighted by Crippen LogP contribution is 2.18. The van der Waals surface area contributed by atoms with Crippen molar-refractivity contribution in [3.63, 3.8) is 0 Å². The van der Waals surface area contributed by atoms with Crippen molar-refractivity contribution in [2.75, 3.05) is 13.2 Å². The molecule has 3 aromatic rings. The number of carbonyl (C=O) groups is 1. The van der Waals surface area contributed by atoms with Gasteiger partial charge in [0, 0.05) is 12.1 Å². The van der Waals surface area contributed by atoms with Crippen LogP contribution >= 0.6 is 0 Å². The van der Waals surface area contributed by atoms with E-state index >= 15 is 0 Å². The number of hydrogen-bond acceptors (Lipinski definition) is 7. The third-order valence-corrected chi connectivity index (χ3v) is 5.50. The van der Waals surface area contributed by atoms with E-state index in [2.05, 4.69) is 9.71 Å². The molecule has 1 aromatic heterocycles. The van der Waals surface area contributed by atoms with Gasteiger partial charge in [-0.2, -0.15) is 0 Å². The number of nitrogens with zero attached hydrogens (tertiary/aromatic N) is 1. The SMILES string of the molecule is CCOc1ccc(S(=O)(=O)NCCC(=O)OCc2coc(-c3ccccc3)n2)cc1. The zero-order chi connectivity index (χ0) is 21.4. The lowest BCUT2D eigenvalue weighted by Gasteiger charge is -2.08. The molecule has 0 spiro atoms. The molecule has 1 N–H and O–H groups in total. The first-order valence-electron chi connectivity index (χ1n) is 9.36. The van der Waals surface area contributed by atoms with E-state index in [1.54, 1.807) is 12.1 Å². The molecule has 0 bridgehead atoms. The largest absolute Gasteiger partial charge is 0.494 e. The molecular weight excluding hydrogens is 408 g/mol.